The van der Waals surface area contributed by atoms with E-state index in [1.54, 1.807) is 0 Å². The van der Waals surface area contributed by atoms with E-state index in [0.29, 0.717) is 0 Å². The predicted molar refractivity (Wildman–Crippen MR) is 67.3 cm³/mol. The molecule has 1 rings (SSSR count). The third-order valence-electron chi connectivity index (χ3n) is 2.61. The van der Waals surface area contributed by atoms with Gasteiger partial charge in [-0.05, 0) is 45.4 Å². The highest BCUT2D eigenvalue weighted by molar-refractivity contribution is 5.10. The average molecular weight is 224 g/mol. The van der Waals surface area contributed by atoms with Crippen LogP contribution in [0.25, 0.3) is 0 Å². The second kappa shape index (κ2) is 8.54. The minimum atomic E-state index is 0.0692. The Labute approximate surface area is 99.3 Å². The normalized spacial score (nSPS) is 21.4. The summed E-state index contributed by atoms with van der Waals surface area (Å²) in [7, 11) is 0. The summed E-state index contributed by atoms with van der Waals surface area (Å²) in [5.41, 5.74) is 1.12. The summed E-state index contributed by atoms with van der Waals surface area (Å²) in [6.07, 6.45) is 11.2. The molecule has 92 valence electrons. The van der Waals surface area contributed by atoms with Gasteiger partial charge in [0.15, 0.2) is 6.29 Å². The molecule has 0 aromatic carbocycles. The van der Waals surface area contributed by atoms with Crippen molar-refractivity contribution < 1.29 is 9.47 Å². The minimum absolute atomic E-state index is 0.0692. The fraction of sp³-hybridized carbons (Fsp3) is 0.714. The molecule has 0 amide bonds. The highest BCUT2D eigenvalue weighted by Crippen LogP contribution is 2.14. The van der Waals surface area contributed by atoms with Gasteiger partial charge < -0.3 is 9.47 Å². The zero-order valence-electron chi connectivity index (χ0n) is 10.4. The van der Waals surface area contributed by atoms with Crippen molar-refractivity contribution in [3.63, 3.8) is 0 Å². The molecule has 0 aliphatic carbocycles. The number of allylic oxidation sites excluding steroid dienone is 3. The second-order valence-electron chi connectivity index (χ2n) is 4.41. The molecule has 1 fully saturated rings. The van der Waals surface area contributed by atoms with Crippen molar-refractivity contribution in [2.75, 3.05) is 13.2 Å². The quantitative estimate of drug-likeness (QED) is 0.483. The molecule has 1 atom stereocenters. The minimum Gasteiger partial charge on any atom is -0.353 e. The fourth-order valence-corrected chi connectivity index (χ4v) is 1.71. The summed E-state index contributed by atoms with van der Waals surface area (Å²) in [5, 5.41) is 0. The van der Waals surface area contributed by atoms with Crippen LogP contribution in [-0.4, -0.2) is 19.5 Å². The Kier molecular flexibility index (Phi) is 7.19. The molecule has 0 aromatic heterocycles. The SMILES string of the molecule is C=C(C)/C=C/CCCCOC1CCCCO1. The molecule has 2 heteroatoms. The van der Waals surface area contributed by atoms with Crippen LogP contribution in [-0.2, 0) is 9.47 Å². The summed E-state index contributed by atoms with van der Waals surface area (Å²) in [6, 6.07) is 0. The maximum absolute atomic E-state index is 5.65. The van der Waals surface area contributed by atoms with E-state index in [0.717, 1.165) is 38.0 Å². The summed E-state index contributed by atoms with van der Waals surface area (Å²) in [6.45, 7) is 7.53. The third-order valence-corrected chi connectivity index (χ3v) is 2.61. The molecule has 1 aliphatic heterocycles. The standard InChI is InChI=1S/C14H24O2/c1-13(2)9-5-3-4-7-11-15-14-10-6-8-12-16-14/h5,9,14H,1,3-4,6-8,10-12H2,2H3/b9-5+. The Morgan fingerprint density at radius 2 is 2.31 bits per heavy atom. The van der Waals surface area contributed by atoms with E-state index in [4.69, 9.17) is 9.47 Å². The molecule has 0 N–H and O–H groups in total. The van der Waals surface area contributed by atoms with Gasteiger partial charge in [-0.25, -0.2) is 0 Å². The molecule has 0 spiro atoms. The van der Waals surface area contributed by atoms with Gasteiger partial charge >= 0.3 is 0 Å². The Balaban J connectivity index is 1.89. The fourth-order valence-electron chi connectivity index (χ4n) is 1.71. The van der Waals surface area contributed by atoms with Crippen LogP contribution < -0.4 is 0 Å². The van der Waals surface area contributed by atoms with Crippen molar-refractivity contribution in [1.29, 1.82) is 0 Å². The van der Waals surface area contributed by atoms with Crippen LogP contribution in [0, 0.1) is 0 Å². The first kappa shape index (κ1) is 13.5. The third kappa shape index (κ3) is 6.81. The van der Waals surface area contributed by atoms with Gasteiger partial charge in [-0.2, -0.15) is 0 Å². The Morgan fingerprint density at radius 3 is 3.00 bits per heavy atom. The van der Waals surface area contributed by atoms with Gasteiger partial charge in [0.1, 0.15) is 0 Å². The zero-order chi connectivity index (χ0) is 11.6. The molecule has 16 heavy (non-hydrogen) atoms. The molecule has 1 aliphatic rings. The number of ether oxygens (including phenoxy) is 2. The van der Waals surface area contributed by atoms with E-state index >= 15 is 0 Å². The van der Waals surface area contributed by atoms with Gasteiger partial charge in [0.2, 0.25) is 0 Å². The molecule has 0 radical (unpaired) electrons. The molecule has 0 aromatic rings. The van der Waals surface area contributed by atoms with Gasteiger partial charge in [0, 0.05) is 13.2 Å². The van der Waals surface area contributed by atoms with Crippen LogP contribution >= 0.6 is 0 Å². The Hall–Kier alpha value is -0.600. The zero-order valence-corrected chi connectivity index (χ0v) is 10.4. The first-order valence-corrected chi connectivity index (χ1v) is 6.34. The van der Waals surface area contributed by atoms with Crippen molar-refractivity contribution in [2.45, 2.75) is 51.7 Å². The maximum atomic E-state index is 5.65. The molecule has 0 saturated carbocycles. The number of hydrogen-bond acceptors (Lipinski definition) is 2. The van der Waals surface area contributed by atoms with Crippen molar-refractivity contribution in [1.82, 2.24) is 0 Å². The van der Waals surface area contributed by atoms with Crippen molar-refractivity contribution >= 4 is 0 Å². The number of unbranched alkanes of at least 4 members (excludes halogenated alkanes) is 2. The summed E-state index contributed by atoms with van der Waals surface area (Å²) in [5.74, 6) is 0. The lowest BCUT2D eigenvalue weighted by molar-refractivity contribution is -0.162. The molecule has 0 bridgehead atoms. The molecular weight excluding hydrogens is 200 g/mol. The average Bonchev–Trinajstić information content (AvgIpc) is 2.29. The van der Waals surface area contributed by atoms with Crippen LogP contribution in [0.4, 0.5) is 0 Å². The van der Waals surface area contributed by atoms with Gasteiger partial charge in [-0.3, -0.25) is 0 Å². The number of hydrogen-bond donors (Lipinski definition) is 0. The first-order chi connectivity index (χ1) is 7.79. The summed E-state index contributed by atoms with van der Waals surface area (Å²) >= 11 is 0. The van der Waals surface area contributed by atoms with E-state index in [1.165, 1.54) is 19.3 Å². The van der Waals surface area contributed by atoms with Crippen molar-refractivity contribution in [3.05, 3.63) is 24.3 Å². The highest BCUT2D eigenvalue weighted by atomic mass is 16.7. The van der Waals surface area contributed by atoms with Gasteiger partial charge in [0.05, 0.1) is 0 Å². The Bertz CT molecular complexity index is 215. The predicted octanol–water partition coefficient (Wildman–Crippen LogP) is 3.83. The van der Waals surface area contributed by atoms with E-state index in [9.17, 15) is 0 Å². The van der Waals surface area contributed by atoms with Crippen LogP contribution in [0.15, 0.2) is 24.3 Å². The van der Waals surface area contributed by atoms with E-state index in [2.05, 4.69) is 18.7 Å². The van der Waals surface area contributed by atoms with Gasteiger partial charge in [-0.15, -0.1) is 0 Å². The topological polar surface area (TPSA) is 18.5 Å². The van der Waals surface area contributed by atoms with Crippen molar-refractivity contribution in [3.8, 4) is 0 Å². The largest absolute Gasteiger partial charge is 0.353 e. The second-order valence-corrected chi connectivity index (χ2v) is 4.41. The number of rotatable bonds is 7. The highest BCUT2D eigenvalue weighted by Gasteiger charge is 2.12. The molecule has 2 nitrogen and oxygen atoms in total. The van der Waals surface area contributed by atoms with E-state index in [-0.39, 0.29) is 6.29 Å². The van der Waals surface area contributed by atoms with Gasteiger partial charge in [-0.1, -0.05) is 24.3 Å². The van der Waals surface area contributed by atoms with E-state index < -0.39 is 0 Å². The lowest BCUT2D eigenvalue weighted by atomic mass is 10.2. The summed E-state index contributed by atoms with van der Waals surface area (Å²) < 4.78 is 11.1. The molecule has 1 unspecified atom stereocenters. The molecule has 1 saturated heterocycles. The lowest BCUT2D eigenvalue weighted by Gasteiger charge is -2.22. The van der Waals surface area contributed by atoms with Crippen LogP contribution in [0.5, 0.6) is 0 Å². The van der Waals surface area contributed by atoms with Crippen LogP contribution in [0.2, 0.25) is 0 Å². The van der Waals surface area contributed by atoms with Crippen LogP contribution in [0.3, 0.4) is 0 Å². The van der Waals surface area contributed by atoms with Crippen molar-refractivity contribution in [2.24, 2.45) is 0 Å². The lowest BCUT2D eigenvalue weighted by Crippen LogP contribution is -2.22. The van der Waals surface area contributed by atoms with Crippen LogP contribution in [0.1, 0.15) is 45.4 Å². The van der Waals surface area contributed by atoms with Gasteiger partial charge in [0.25, 0.3) is 0 Å². The Morgan fingerprint density at radius 1 is 1.44 bits per heavy atom. The van der Waals surface area contributed by atoms with E-state index in [1.807, 2.05) is 6.92 Å². The maximum Gasteiger partial charge on any atom is 0.157 e. The molecular formula is C14H24O2. The first-order valence-electron chi connectivity index (χ1n) is 6.34. The monoisotopic (exact) mass is 224 g/mol. The smallest absolute Gasteiger partial charge is 0.157 e. The molecule has 1 heterocycles. The summed E-state index contributed by atoms with van der Waals surface area (Å²) in [4.78, 5) is 0.